The number of benzene rings is 1. The summed E-state index contributed by atoms with van der Waals surface area (Å²) >= 11 is 2.19. The molecule has 5 nitrogen and oxygen atoms in total. The third-order valence-corrected chi connectivity index (χ3v) is 2.86. The zero-order chi connectivity index (χ0) is 14.3. The van der Waals surface area contributed by atoms with E-state index in [9.17, 15) is 4.79 Å². The average molecular weight is 376 g/mol. The van der Waals surface area contributed by atoms with Gasteiger partial charge < -0.3 is 9.47 Å². The third-order valence-electron chi connectivity index (χ3n) is 2.06. The zero-order valence-electron chi connectivity index (χ0n) is 11.2. The number of hydrazone groups is 1. The molecule has 1 rings (SSSR count). The summed E-state index contributed by atoms with van der Waals surface area (Å²) in [5, 5.41) is 3.83. The van der Waals surface area contributed by atoms with Crippen LogP contribution < -0.4 is 14.9 Å². The number of rotatable bonds is 6. The van der Waals surface area contributed by atoms with Gasteiger partial charge in [-0.1, -0.05) is 0 Å². The molecule has 1 aromatic carbocycles. The summed E-state index contributed by atoms with van der Waals surface area (Å²) in [7, 11) is 0. The summed E-state index contributed by atoms with van der Waals surface area (Å²) < 4.78 is 12.1. The zero-order valence-corrected chi connectivity index (χ0v) is 13.4. The smallest absolute Gasteiger partial charge is 0.236 e. The molecule has 0 saturated carbocycles. The second kappa shape index (κ2) is 7.98. The number of nitrogens with one attached hydrogen (secondary N) is 1. The lowest BCUT2D eigenvalue weighted by Gasteiger charge is -2.13. The fourth-order valence-corrected chi connectivity index (χ4v) is 2.19. The molecule has 0 unspecified atom stereocenters. The van der Waals surface area contributed by atoms with Crippen molar-refractivity contribution in [3.8, 4) is 11.5 Å². The molecule has 0 saturated heterocycles. The molecule has 0 bridgehead atoms. The molecular weight excluding hydrogens is 359 g/mol. The normalized spacial score (nSPS) is 10.5. The van der Waals surface area contributed by atoms with E-state index in [0.717, 1.165) is 14.9 Å². The Morgan fingerprint density at radius 1 is 1.37 bits per heavy atom. The lowest BCUT2D eigenvalue weighted by molar-refractivity contribution is -0.118. The van der Waals surface area contributed by atoms with Gasteiger partial charge in [0.25, 0.3) is 0 Å². The fourth-order valence-electron chi connectivity index (χ4n) is 1.41. The van der Waals surface area contributed by atoms with Crippen molar-refractivity contribution < 1.29 is 14.3 Å². The van der Waals surface area contributed by atoms with Gasteiger partial charge in [-0.05, 0) is 54.1 Å². The van der Waals surface area contributed by atoms with Gasteiger partial charge in [-0.3, -0.25) is 4.79 Å². The van der Waals surface area contributed by atoms with Gasteiger partial charge in [0.2, 0.25) is 5.91 Å². The minimum Gasteiger partial charge on any atom is -0.490 e. The van der Waals surface area contributed by atoms with Crippen LogP contribution in [0.25, 0.3) is 0 Å². The summed E-state index contributed by atoms with van der Waals surface area (Å²) in [5.74, 6) is 1.21. The van der Waals surface area contributed by atoms with Crippen LogP contribution in [0.4, 0.5) is 0 Å². The Hall–Kier alpha value is -1.31. The van der Waals surface area contributed by atoms with Crippen molar-refractivity contribution in [1.29, 1.82) is 0 Å². The molecule has 0 aliphatic heterocycles. The Balaban J connectivity index is 3.01. The van der Waals surface area contributed by atoms with Gasteiger partial charge in [-0.15, -0.1) is 0 Å². The lowest BCUT2D eigenvalue weighted by atomic mass is 10.2. The number of halogens is 1. The molecule has 0 heterocycles. The molecule has 0 fully saturated rings. The van der Waals surface area contributed by atoms with Crippen LogP contribution in [0.2, 0.25) is 0 Å². The first-order chi connectivity index (χ1) is 9.08. The first-order valence-electron chi connectivity index (χ1n) is 5.97. The van der Waals surface area contributed by atoms with Crippen LogP contribution >= 0.6 is 22.6 Å². The van der Waals surface area contributed by atoms with Crippen molar-refractivity contribution in [3.63, 3.8) is 0 Å². The van der Waals surface area contributed by atoms with Crippen molar-refractivity contribution in [1.82, 2.24) is 5.43 Å². The van der Waals surface area contributed by atoms with Crippen molar-refractivity contribution >= 4 is 34.7 Å². The number of amides is 1. The summed E-state index contributed by atoms with van der Waals surface area (Å²) in [6, 6.07) is 3.75. The Morgan fingerprint density at radius 2 is 2.05 bits per heavy atom. The van der Waals surface area contributed by atoms with E-state index in [-0.39, 0.29) is 5.91 Å². The van der Waals surface area contributed by atoms with Crippen molar-refractivity contribution in [2.75, 3.05) is 13.2 Å². The molecule has 0 aliphatic rings. The van der Waals surface area contributed by atoms with E-state index in [1.165, 1.54) is 6.92 Å². The van der Waals surface area contributed by atoms with Gasteiger partial charge in [0.15, 0.2) is 11.5 Å². The number of hydrogen-bond donors (Lipinski definition) is 1. The highest BCUT2D eigenvalue weighted by Gasteiger charge is 2.11. The Kier molecular flexibility index (Phi) is 6.61. The first kappa shape index (κ1) is 15.7. The molecule has 0 aromatic heterocycles. The standard InChI is InChI=1S/C13H17IN2O3/c1-4-18-12-7-10(8-15-16-9(3)17)6-11(14)13(12)19-5-2/h6-8H,4-5H2,1-3H3,(H,16,17)/b15-8-. The highest BCUT2D eigenvalue weighted by molar-refractivity contribution is 14.1. The maximum absolute atomic E-state index is 10.7. The maximum Gasteiger partial charge on any atom is 0.236 e. The Morgan fingerprint density at radius 3 is 2.63 bits per heavy atom. The van der Waals surface area contributed by atoms with Gasteiger partial charge in [0, 0.05) is 6.92 Å². The number of hydrogen-bond acceptors (Lipinski definition) is 4. The quantitative estimate of drug-likeness (QED) is 0.472. The second-order valence-electron chi connectivity index (χ2n) is 3.62. The molecule has 0 spiro atoms. The molecule has 0 atom stereocenters. The second-order valence-corrected chi connectivity index (χ2v) is 4.78. The number of carbonyl (C=O) groups is 1. The number of carbonyl (C=O) groups excluding carboxylic acids is 1. The van der Waals surface area contributed by atoms with Crippen LogP contribution in [0.3, 0.4) is 0 Å². The van der Waals surface area contributed by atoms with Gasteiger partial charge in [0.1, 0.15) is 0 Å². The summed E-state index contributed by atoms with van der Waals surface area (Å²) in [4.78, 5) is 10.7. The molecule has 19 heavy (non-hydrogen) atoms. The van der Waals surface area contributed by atoms with Crippen LogP contribution in [0.1, 0.15) is 26.3 Å². The van der Waals surface area contributed by atoms with E-state index < -0.39 is 0 Å². The average Bonchev–Trinajstić information content (AvgIpc) is 2.33. The van der Waals surface area contributed by atoms with E-state index in [4.69, 9.17) is 9.47 Å². The molecular formula is C13H17IN2O3. The van der Waals surface area contributed by atoms with Gasteiger partial charge in [-0.25, -0.2) is 5.43 Å². The number of ether oxygens (including phenoxy) is 2. The number of nitrogens with zero attached hydrogens (tertiary/aromatic N) is 1. The van der Waals surface area contributed by atoms with E-state index in [2.05, 4.69) is 33.1 Å². The molecule has 104 valence electrons. The van der Waals surface area contributed by atoms with Gasteiger partial charge >= 0.3 is 0 Å². The maximum atomic E-state index is 10.7. The van der Waals surface area contributed by atoms with Crippen LogP contribution in [-0.2, 0) is 4.79 Å². The minimum atomic E-state index is -0.207. The summed E-state index contributed by atoms with van der Waals surface area (Å²) in [6.07, 6.45) is 1.57. The SMILES string of the molecule is CCOc1cc(/C=N\NC(C)=O)cc(I)c1OCC. The molecule has 0 aliphatic carbocycles. The van der Waals surface area contributed by atoms with Crippen molar-refractivity contribution in [2.45, 2.75) is 20.8 Å². The predicted octanol–water partition coefficient (Wildman–Crippen LogP) is 2.56. The fraction of sp³-hybridized carbons (Fsp3) is 0.385. The van der Waals surface area contributed by atoms with E-state index in [1.54, 1.807) is 6.21 Å². The predicted molar refractivity (Wildman–Crippen MR) is 82.9 cm³/mol. The van der Waals surface area contributed by atoms with E-state index >= 15 is 0 Å². The Labute approximate surface area is 126 Å². The molecule has 6 heteroatoms. The third kappa shape index (κ3) is 5.06. The Bertz CT molecular complexity index is 475. The van der Waals surface area contributed by atoms with Crippen molar-refractivity contribution in [2.24, 2.45) is 5.10 Å². The van der Waals surface area contributed by atoms with Crippen LogP contribution in [-0.4, -0.2) is 25.3 Å². The summed E-state index contributed by atoms with van der Waals surface area (Å²) in [5.41, 5.74) is 3.20. The molecule has 1 amide bonds. The largest absolute Gasteiger partial charge is 0.490 e. The topological polar surface area (TPSA) is 59.9 Å². The molecule has 0 radical (unpaired) electrons. The monoisotopic (exact) mass is 376 g/mol. The summed E-state index contributed by atoms with van der Waals surface area (Å²) in [6.45, 7) is 6.39. The highest BCUT2D eigenvalue weighted by atomic mass is 127. The van der Waals surface area contributed by atoms with E-state index in [0.29, 0.717) is 19.0 Å². The van der Waals surface area contributed by atoms with Crippen LogP contribution in [0, 0.1) is 3.57 Å². The van der Waals surface area contributed by atoms with Gasteiger partial charge in [0.05, 0.1) is 23.0 Å². The first-order valence-corrected chi connectivity index (χ1v) is 7.05. The molecule has 1 aromatic rings. The van der Waals surface area contributed by atoms with Crippen LogP contribution in [0.5, 0.6) is 11.5 Å². The minimum absolute atomic E-state index is 0.207. The highest BCUT2D eigenvalue weighted by Crippen LogP contribution is 2.33. The van der Waals surface area contributed by atoms with E-state index in [1.807, 2.05) is 26.0 Å². The van der Waals surface area contributed by atoms with Crippen LogP contribution in [0.15, 0.2) is 17.2 Å². The lowest BCUT2D eigenvalue weighted by Crippen LogP contribution is -2.12. The van der Waals surface area contributed by atoms with Gasteiger partial charge in [-0.2, -0.15) is 5.10 Å². The molecule has 1 N–H and O–H groups in total. The van der Waals surface area contributed by atoms with Crippen molar-refractivity contribution in [3.05, 3.63) is 21.3 Å².